The van der Waals surface area contributed by atoms with Crippen molar-refractivity contribution < 1.29 is 16.8 Å². The molecule has 1 heterocycles. The summed E-state index contributed by atoms with van der Waals surface area (Å²) < 4.78 is 43.2. The molecule has 0 aromatic heterocycles. The van der Waals surface area contributed by atoms with E-state index in [1.807, 2.05) is 38.1 Å². The van der Waals surface area contributed by atoms with Gasteiger partial charge in [-0.15, -0.1) is 0 Å². The first kappa shape index (κ1) is 22.2. The van der Waals surface area contributed by atoms with Gasteiger partial charge in [-0.25, -0.2) is 8.42 Å². The summed E-state index contributed by atoms with van der Waals surface area (Å²) in [6.45, 7) is 5.60. The molecule has 0 unspecified atom stereocenters. The van der Waals surface area contributed by atoms with Gasteiger partial charge in [0.25, 0.3) is 0 Å². The summed E-state index contributed by atoms with van der Waals surface area (Å²) in [5.41, 5.74) is 4.46. The molecule has 0 bridgehead atoms. The quantitative estimate of drug-likeness (QED) is 0.670. The predicted octanol–water partition coefficient (Wildman–Crippen LogP) is 4.28. The number of benzene rings is 2. The van der Waals surface area contributed by atoms with Gasteiger partial charge in [0.05, 0.1) is 15.9 Å². The second-order valence-corrected chi connectivity index (χ2v) is 8.54. The van der Waals surface area contributed by atoms with E-state index in [2.05, 4.69) is 6.07 Å². The molecule has 0 spiro atoms. The zero-order valence-corrected chi connectivity index (χ0v) is 17.8. The second-order valence-electron chi connectivity index (χ2n) is 6.51. The smallest absolute Gasteiger partial charge is 0.218 e. The largest absolute Gasteiger partial charge is 0.335 e. The average Bonchev–Trinajstić information content (AvgIpc) is 2.69. The number of sulfone groups is 1. The molecule has 3 rings (SSSR count). The highest BCUT2D eigenvalue weighted by atomic mass is 32.2. The van der Waals surface area contributed by atoms with Crippen LogP contribution in [0, 0.1) is 25.2 Å². The van der Waals surface area contributed by atoms with Crippen LogP contribution in [-0.2, 0) is 21.4 Å². The third kappa shape index (κ3) is 5.05. The van der Waals surface area contributed by atoms with Crippen molar-refractivity contribution in [1.29, 1.82) is 5.26 Å². The normalized spacial score (nSPS) is 14.5. The lowest BCUT2D eigenvalue weighted by Gasteiger charge is -2.19. The van der Waals surface area contributed by atoms with Crippen LogP contribution >= 0.6 is 0 Å². The molecule has 148 valence electrons. The van der Waals surface area contributed by atoms with Crippen LogP contribution in [0.4, 0.5) is 0 Å². The van der Waals surface area contributed by atoms with E-state index >= 15 is 0 Å². The summed E-state index contributed by atoms with van der Waals surface area (Å²) in [5.74, 6) is 0. The molecule has 0 saturated heterocycles. The number of rotatable bonds is 2. The monoisotopic (exact) mass is 425 g/mol. The standard InChI is InChI=1S/C22H19NO2S.O2S/c1-15-4-8-18(9-5-15)21-12-20(17(3)14-23)13-22(26(21,24)25)19-10-6-16(2)7-11-19;1-3-2/h4-13H,1-3H3;. The molecular weight excluding hydrogens is 406 g/mol. The Morgan fingerprint density at radius 3 is 1.48 bits per heavy atom. The zero-order valence-electron chi connectivity index (χ0n) is 16.2. The number of nitrogens with zero attached hydrogens (tertiary/aromatic N) is 1. The topological polar surface area (TPSA) is 92.1 Å². The van der Waals surface area contributed by atoms with Gasteiger partial charge in [-0.3, -0.25) is 0 Å². The van der Waals surface area contributed by atoms with Gasteiger partial charge >= 0.3 is 11.6 Å². The van der Waals surface area contributed by atoms with Gasteiger partial charge in [0.2, 0.25) is 9.84 Å². The Balaban J connectivity index is 0.000000941. The average molecular weight is 426 g/mol. The van der Waals surface area contributed by atoms with Gasteiger partial charge in [-0.05, 0) is 49.6 Å². The SMILES string of the molecule is CC(C#N)=C1C=C(c2ccc(C)cc2)S(=O)(=O)C(c2ccc(C)cc2)=C1.O=S=O. The lowest BCUT2D eigenvalue weighted by Crippen LogP contribution is -2.11. The Morgan fingerprint density at radius 1 is 0.828 bits per heavy atom. The molecule has 7 heteroatoms. The van der Waals surface area contributed by atoms with Gasteiger partial charge in [0.15, 0.2) is 0 Å². The molecule has 0 radical (unpaired) electrons. The van der Waals surface area contributed by atoms with E-state index in [0.717, 1.165) is 11.1 Å². The van der Waals surface area contributed by atoms with E-state index in [9.17, 15) is 13.7 Å². The molecule has 2 aromatic carbocycles. The van der Waals surface area contributed by atoms with Crippen molar-refractivity contribution in [2.45, 2.75) is 20.8 Å². The Hall–Kier alpha value is -3.08. The maximum Gasteiger partial charge on any atom is 0.335 e. The molecule has 29 heavy (non-hydrogen) atoms. The number of aryl methyl sites for hydroxylation is 2. The van der Waals surface area contributed by atoms with Crippen LogP contribution in [0.15, 0.2) is 71.8 Å². The molecule has 1 aliphatic rings. The van der Waals surface area contributed by atoms with E-state index in [-0.39, 0.29) is 9.81 Å². The lowest BCUT2D eigenvalue weighted by molar-refractivity contribution is 0.614. The first-order valence-electron chi connectivity index (χ1n) is 8.60. The fourth-order valence-electron chi connectivity index (χ4n) is 2.79. The minimum atomic E-state index is -3.69. The van der Waals surface area contributed by atoms with Crippen LogP contribution in [0.2, 0.25) is 0 Å². The van der Waals surface area contributed by atoms with E-state index in [4.69, 9.17) is 8.42 Å². The number of allylic oxidation sites excluding steroid dienone is 4. The highest BCUT2D eigenvalue weighted by Crippen LogP contribution is 2.39. The summed E-state index contributed by atoms with van der Waals surface area (Å²) >= 11 is -0.750. The summed E-state index contributed by atoms with van der Waals surface area (Å²) in [5, 5.41) is 9.29. The van der Waals surface area contributed by atoms with Gasteiger partial charge in [-0.2, -0.15) is 13.7 Å². The molecule has 1 aliphatic heterocycles. The van der Waals surface area contributed by atoms with Gasteiger partial charge in [0, 0.05) is 5.57 Å². The van der Waals surface area contributed by atoms with Gasteiger partial charge < -0.3 is 0 Å². The van der Waals surface area contributed by atoms with Crippen LogP contribution in [0.1, 0.15) is 29.2 Å². The lowest BCUT2D eigenvalue weighted by atomic mass is 10.0. The third-order valence-corrected chi connectivity index (χ3v) is 6.29. The van der Waals surface area contributed by atoms with Crippen LogP contribution in [0.25, 0.3) is 9.81 Å². The fourth-order valence-corrected chi connectivity index (χ4v) is 4.49. The molecule has 5 nitrogen and oxygen atoms in total. The molecule has 0 aliphatic carbocycles. The zero-order chi connectivity index (χ0) is 21.6. The van der Waals surface area contributed by atoms with Crippen molar-refractivity contribution in [3.63, 3.8) is 0 Å². The Labute approximate surface area is 174 Å². The Morgan fingerprint density at radius 2 is 1.17 bits per heavy atom. The van der Waals surface area contributed by atoms with Crippen LogP contribution in [0.3, 0.4) is 0 Å². The fraction of sp³-hybridized carbons (Fsp3) is 0.136. The van der Waals surface area contributed by atoms with Crippen molar-refractivity contribution in [2.24, 2.45) is 0 Å². The highest BCUT2D eigenvalue weighted by molar-refractivity contribution is 8.09. The first-order valence-corrected chi connectivity index (χ1v) is 10.7. The summed E-state index contributed by atoms with van der Waals surface area (Å²) in [4.78, 5) is 0.445. The summed E-state index contributed by atoms with van der Waals surface area (Å²) in [6.07, 6.45) is 3.19. The van der Waals surface area contributed by atoms with Crippen molar-refractivity contribution in [3.8, 4) is 6.07 Å². The van der Waals surface area contributed by atoms with Gasteiger partial charge in [0.1, 0.15) is 0 Å². The minimum Gasteiger partial charge on any atom is -0.218 e. The molecule has 0 saturated carbocycles. The van der Waals surface area contributed by atoms with Crippen LogP contribution in [0.5, 0.6) is 0 Å². The number of hydrogen-bond donors (Lipinski definition) is 0. The second kappa shape index (κ2) is 9.41. The van der Waals surface area contributed by atoms with E-state index in [1.165, 1.54) is 0 Å². The predicted molar refractivity (Wildman–Crippen MR) is 114 cm³/mol. The van der Waals surface area contributed by atoms with Crippen molar-refractivity contribution >= 4 is 31.2 Å². The van der Waals surface area contributed by atoms with Crippen LogP contribution < -0.4 is 0 Å². The molecule has 0 N–H and O–H groups in total. The number of nitriles is 1. The van der Waals surface area contributed by atoms with Crippen LogP contribution in [-0.4, -0.2) is 16.8 Å². The maximum atomic E-state index is 13.3. The third-order valence-electron chi connectivity index (χ3n) is 4.43. The van der Waals surface area contributed by atoms with E-state index in [1.54, 1.807) is 43.3 Å². The summed E-state index contributed by atoms with van der Waals surface area (Å²) in [6, 6.07) is 16.9. The molecule has 0 atom stereocenters. The van der Waals surface area contributed by atoms with Crippen molar-refractivity contribution in [1.82, 2.24) is 0 Å². The van der Waals surface area contributed by atoms with E-state index in [0.29, 0.717) is 22.3 Å². The highest BCUT2D eigenvalue weighted by Gasteiger charge is 2.30. The Kier molecular flexibility index (Phi) is 7.21. The van der Waals surface area contributed by atoms with Crippen molar-refractivity contribution in [3.05, 3.63) is 94.1 Å². The molecule has 0 fully saturated rings. The number of hydrogen-bond acceptors (Lipinski definition) is 5. The maximum absolute atomic E-state index is 13.3. The van der Waals surface area contributed by atoms with Gasteiger partial charge in [-0.1, -0.05) is 59.7 Å². The molecular formula is C22H19NO4S2. The first-order chi connectivity index (χ1) is 13.7. The van der Waals surface area contributed by atoms with Crippen molar-refractivity contribution in [2.75, 3.05) is 0 Å². The molecule has 2 aromatic rings. The summed E-state index contributed by atoms with van der Waals surface area (Å²) in [7, 11) is -3.69. The Bertz CT molecular complexity index is 1120. The molecule has 0 amide bonds. The van der Waals surface area contributed by atoms with E-state index < -0.39 is 21.4 Å². The minimum absolute atomic E-state index is 0.222.